The van der Waals surface area contributed by atoms with E-state index >= 15 is 0 Å². The molecule has 0 radical (unpaired) electrons. The van der Waals surface area contributed by atoms with Gasteiger partial charge in [-0.25, -0.2) is 9.18 Å². The van der Waals surface area contributed by atoms with Crippen LogP contribution in [0.15, 0.2) is 24.3 Å². The Bertz CT molecular complexity index is 815. The molecule has 10 heteroatoms. The fourth-order valence-corrected chi connectivity index (χ4v) is 4.20. The lowest BCUT2D eigenvalue weighted by Gasteiger charge is -2.39. The SMILES string of the molecule is O=C(NC[C@@H]1CCC[C@]2(CCN(Cc3ccccc3F)C2)O1)C1CC1.O=C(O)C(F)(F)F. The molecule has 0 unspecified atom stereocenters. The lowest BCUT2D eigenvalue weighted by molar-refractivity contribution is -0.192. The van der Waals surface area contributed by atoms with E-state index in [0.29, 0.717) is 13.1 Å². The number of carboxylic acid groups (broad SMARTS) is 1. The van der Waals surface area contributed by atoms with Crippen molar-refractivity contribution >= 4 is 11.9 Å². The number of amides is 1. The van der Waals surface area contributed by atoms with E-state index in [2.05, 4.69) is 10.2 Å². The molecule has 2 heterocycles. The van der Waals surface area contributed by atoms with Crippen molar-refractivity contribution in [2.45, 2.75) is 63.0 Å². The number of hydrogen-bond acceptors (Lipinski definition) is 4. The molecule has 1 spiro atoms. The van der Waals surface area contributed by atoms with Gasteiger partial charge in [0.05, 0.1) is 11.7 Å². The van der Waals surface area contributed by atoms with Gasteiger partial charge in [-0.2, -0.15) is 13.2 Å². The van der Waals surface area contributed by atoms with Crippen molar-refractivity contribution in [3.63, 3.8) is 0 Å². The van der Waals surface area contributed by atoms with Crippen molar-refractivity contribution in [2.24, 2.45) is 5.92 Å². The Balaban J connectivity index is 0.000000360. The molecule has 0 bridgehead atoms. The number of nitrogens with zero attached hydrogens (tertiary/aromatic N) is 1. The molecule has 1 amide bonds. The number of benzene rings is 1. The third-order valence-electron chi connectivity index (χ3n) is 6.02. The van der Waals surface area contributed by atoms with Gasteiger partial charge >= 0.3 is 12.1 Å². The van der Waals surface area contributed by atoms with Gasteiger partial charge in [0, 0.05) is 37.7 Å². The molecule has 1 saturated carbocycles. The van der Waals surface area contributed by atoms with E-state index in [1.807, 2.05) is 12.1 Å². The Hall–Kier alpha value is -2.20. The van der Waals surface area contributed by atoms with E-state index < -0.39 is 12.1 Å². The monoisotopic (exact) mass is 460 g/mol. The highest BCUT2D eigenvalue weighted by Gasteiger charge is 2.43. The van der Waals surface area contributed by atoms with Gasteiger partial charge in [-0.05, 0) is 44.6 Å². The first-order chi connectivity index (χ1) is 15.1. The smallest absolute Gasteiger partial charge is 0.475 e. The highest BCUT2D eigenvalue weighted by atomic mass is 19.4. The summed E-state index contributed by atoms with van der Waals surface area (Å²) in [4.78, 5) is 23.0. The van der Waals surface area contributed by atoms with Crippen LogP contribution in [-0.4, -0.2) is 59.4 Å². The molecule has 6 nitrogen and oxygen atoms in total. The number of carbonyl (C=O) groups is 2. The van der Waals surface area contributed by atoms with E-state index in [9.17, 15) is 22.4 Å². The number of aliphatic carboxylic acids is 1. The number of ether oxygens (including phenoxy) is 1. The van der Waals surface area contributed by atoms with Crippen LogP contribution in [0.3, 0.4) is 0 Å². The van der Waals surface area contributed by atoms with Crippen molar-refractivity contribution in [3.05, 3.63) is 35.6 Å². The van der Waals surface area contributed by atoms with Crippen molar-refractivity contribution in [2.75, 3.05) is 19.6 Å². The van der Waals surface area contributed by atoms with Gasteiger partial charge < -0.3 is 15.2 Å². The van der Waals surface area contributed by atoms with Crippen molar-refractivity contribution in [1.29, 1.82) is 0 Å². The van der Waals surface area contributed by atoms with E-state index in [0.717, 1.165) is 57.2 Å². The molecule has 2 saturated heterocycles. The Kier molecular flexibility index (Phi) is 7.76. The number of carbonyl (C=O) groups excluding carboxylic acids is 1. The Morgan fingerprint density at radius 2 is 1.88 bits per heavy atom. The maximum absolute atomic E-state index is 13.9. The summed E-state index contributed by atoms with van der Waals surface area (Å²) in [5, 5.41) is 10.2. The van der Waals surface area contributed by atoms with Gasteiger partial charge in [0.1, 0.15) is 5.82 Å². The maximum Gasteiger partial charge on any atom is 0.490 e. The van der Waals surface area contributed by atoms with Gasteiger partial charge in [-0.1, -0.05) is 18.2 Å². The molecule has 2 N–H and O–H groups in total. The summed E-state index contributed by atoms with van der Waals surface area (Å²) >= 11 is 0. The molecule has 3 aliphatic rings. The van der Waals surface area contributed by atoms with Crippen LogP contribution in [0.5, 0.6) is 0 Å². The van der Waals surface area contributed by atoms with Crippen LogP contribution in [0.4, 0.5) is 17.6 Å². The van der Waals surface area contributed by atoms with Gasteiger partial charge in [0.25, 0.3) is 0 Å². The summed E-state index contributed by atoms with van der Waals surface area (Å²) in [7, 11) is 0. The molecule has 32 heavy (non-hydrogen) atoms. The summed E-state index contributed by atoms with van der Waals surface area (Å²) in [6, 6.07) is 7.00. The normalized spacial score (nSPS) is 25.8. The lowest BCUT2D eigenvalue weighted by atomic mass is 9.90. The van der Waals surface area contributed by atoms with Crippen molar-refractivity contribution in [3.8, 4) is 0 Å². The second kappa shape index (κ2) is 10.2. The number of nitrogens with one attached hydrogen (secondary N) is 1. The lowest BCUT2D eigenvalue weighted by Crippen LogP contribution is -2.47. The van der Waals surface area contributed by atoms with Gasteiger partial charge in [-0.3, -0.25) is 9.69 Å². The Morgan fingerprint density at radius 1 is 1.19 bits per heavy atom. The van der Waals surface area contributed by atoms with Crippen LogP contribution in [0, 0.1) is 11.7 Å². The van der Waals surface area contributed by atoms with Crippen LogP contribution in [0.25, 0.3) is 0 Å². The molecule has 2 atom stereocenters. The van der Waals surface area contributed by atoms with Crippen molar-refractivity contribution in [1.82, 2.24) is 10.2 Å². The minimum Gasteiger partial charge on any atom is -0.475 e. The summed E-state index contributed by atoms with van der Waals surface area (Å²) in [5.74, 6) is -2.45. The molecule has 2 aliphatic heterocycles. The van der Waals surface area contributed by atoms with Gasteiger partial charge in [0.15, 0.2) is 0 Å². The van der Waals surface area contributed by atoms with Crippen LogP contribution in [0.2, 0.25) is 0 Å². The highest BCUT2D eigenvalue weighted by Crippen LogP contribution is 2.37. The van der Waals surface area contributed by atoms with Crippen LogP contribution < -0.4 is 5.32 Å². The van der Waals surface area contributed by atoms with E-state index in [1.54, 1.807) is 6.07 Å². The highest BCUT2D eigenvalue weighted by molar-refractivity contribution is 5.80. The molecular formula is C22H28F4N2O4. The zero-order chi connectivity index (χ0) is 23.4. The number of hydrogen-bond donors (Lipinski definition) is 2. The van der Waals surface area contributed by atoms with Crippen molar-refractivity contribution < 1.29 is 37.0 Å². The molecule has 1 aromatic rings. The molecule has 0 aromatic heterocycles. The average molecular weight is 460 g/mol. The Labute approximate surface area is 183 Å². The fraction of sp³-hybridized carbons (Fsp3) is 0.636. The second-order valence-electron chi connectivity index (χ2n) is 8.69. The maximum atomic E-state index is 13.9. The molecule has 1 aromatic carbocycles. The summed E-state index contributed by atoms with van der Waals surface area (Å²) in [6.07, 6.45) is 1.31. The standard InChI is InChI=1S/C20H27FN2O2.C2HF3O2/c21-18-6-2-1-4-16(18)13-23-11-10-20(14-23)9-3-5-17(25-20)12-22-19(24)15-7-8-15;3-2(4,5)1(6)7/h1-2,4,6,15,17H,3,5,7-14H2,(H,22,24);(H,6,7)/t17-,20+;/m0./s1. The third-order valence-corrected chi connectivity index (χ3v) is 6.02. The first-order valence-corrected chi connectivity index (χ1v) is 10.8. The zero-order valence-electron chi connectivity index (χ0n) is 17.7. The molecular weight excluding hydrogens is 432 g/mol. The number of rotatable bonds is 5. The van der Waals surface area contributed by atoms with E-state index in [4.69, 9.17) is 14.6 Å². The third kappa shape index (κ3) is 6.90. The minimum atomic E-state index is -5.08. The van der Waals surface area contributed by atoms with Gasteiger partial charge in [-0.15, -0.1) is 0 Å². The van der Waals surface area contributed by atoms with Crippen LogP contribution >= 0.6 is 0 Å². The van der Waals surface area contributed by atoms with E-state index in [1.165, 1.54) is 6.07 Å². The topological polar surface area (TPSA) is 78.9 Å². The molecule has 3 fully saturated rings. The largest absolute Gasteiger partial charge is 0.490 e. The number of alkyl halides is 3. The molecule has 1 aliphatic carbocycles. The average Bonchev–Trinajstić information content (AvgIpc) is 3.52. The number of likely N-dealkylation sites (tertiary alicyclic amines) is 1. The van der Waals surface area contributed by atoms with Crippen LogP contribution in [0.1, 0.15) is 44.1 Å². The first kappa shape index (κ1) is 24.4. The summed E-state index contributed by atoms with van der Waals surface area (Å²) < 4.78 is 52.1. The Morgan fingerprint density at radius 3 is 2.50 bits per heavy atom. The number of halogens is 4. The van der Waals surface area contributed by atoms with E-state index in [-0.39, 0.29) is 29.3 Å². The summed E-state index contributed by atoms with van der Waals surface area (Å²) in [6.45, 7) is 3.06. The number of carboxylic acids is 1. The van der Waals surface area contributed by atoms with Crippen LogP contribution in [-0.2, 0) is 20.9 Å². The fourth-order valence-electron chi connectivity index (χ4n) is 4.20. The second-order valence-corrected chi connectivity index (χ2v) is 8.69. The first-order valence-electron chi connectivity index (χ1n) is 10.8. The molecule has 4 rings (SSSR count). The predicted octanol–water partition coefficient (Wildman–Crippen LogP) is 3.50. The zero-order valence-corrected chi connectivity index (χ0v) is 17.7. The van der Waals surface area contributed by atoms with Gasteiger partial charge in [0.2, 0.25) is 5.91 Å². The predicted molar refractivity (Wildman–Crippen MR) is 107 cm³/mol. The summed E-state index contributed by atoms with van der Waals surface area (Å²) in [5.41, 5.74) is 0.641. The quantitative estimate of drug-likeness (QED) is 0.658. The molecule has 178 valence electrons. The minimum absolute atomic E-state index is 0.113.